The van der Waals surface area contributed by atoms with E-state index in [2.05, 4.69) is 44.1 Å². The van der Waals surface area contributed by atoms with Gasteiger partial charge < -0.3 is 10.6 Å². The summed E-state index contributed by atoms with van der Waals surface area (Å²) in [5, 5.41) is 0. The second-order valence-corrected chi connectivity index (χ2v) is 5.26. The first-order valence-corrected chi connectivity index (χ1v) is 6.10. The number of nitrogens with zero attached hydrogens (tertiary/aromatic N) is 1. The van der Waals surface area contributed by atoms with Crippen LogP contribution in [0, 0.1) is 6.92 Å². The number of anilines is 1. The van der Waals surface area contributed by atoms with E-state index < -0.39 is 0 Å². The largest absolute Gasteiger partial charge is 0.377 e. The summed E-state index contributed by atoms with van der Waals surface area (Å²) in [5.41, 5.74) is 10.3. The lowest BCUT2D eigenvalue weighted by molar-refractivity contribution is 0.461. The molecule has 16 heavy (non-hydrogen) atoms. The lowest BCUT2D eigenvalue weighted by Gasteiger charge is -2.26. The van der Waals surface area contributed by atoms with Crippen LogP contribution in [0.5, 0.6) is 0 Å². The third-order valence-electron chi connectivity index (χ3n) is 3.76. The van der Waals surface area contributed by atoms with Crippen molar-refractivity contribution < 1.29 is 0 Å². The number of hydrogen-bond acceptors (Lipinski definition) is 2. The van der Waals surface area contributed by atoms with Crippen LogP contribution < -0.4 is 10.6 Å². The molecule has 0 unspecified atom stereocenters. The van der Waals surface area contributed by atoms with Crippen molar-refractivity contribution in [3.63, 3.8) is 0 Å². The molecule has 0 heterocycles. The van der Waals surface area contributed by atoms with E-state index in [4.69, 9.17) is 5.73 Å². The molecule has 0 atom stereocenters. The highest BCUT2D eigenvalue weighted by Gasteiger charge is 2.31. The Balaban J connectivity index is 2.39. The molecule has 0 radical (unpaired) electrons. The third kappa shape index (κ3) is 1.94. The highest BCUT2D eigenvalue weighted by molar-refractivity contribution is 5.55. The van der Waals surface area contributed by atoms with Crippen LogP contribution in [-0.4, -0.2) is 14.1 Å². The summed E-state index contributed by atoms with van der Waals surface area (Å²) in [4.78, 5) is 2.16. The Morgan fingerprint density at radius 1 is 1.19 bits per heavy atom. The molecule has 0 spiro atoms. The van der Waals surface area contributed by atoms with Crippen molar-refractivity contribution in [3.8, 4) is 0 Å². The molecule has 1 aliphatic rings. The van der Waals surface area contributed by atoms with Gasteiger partial charge in [0, 0.05) is 25.3 Å². The van der Waals surface area contributed by atoms with E-state index in [1.807, 2.05) is 0 Å². The van der Waals surface area contributed by atoms with Gasteiger partial charge in [-0.15, -0.1) is 0 Å². The lowest BCUT2D eigenvalue weighted by Crippen LogP contribution is -2.33. The average molecular weight is 218 g/mol. The molecule has 1 aromatic rings. The topological polar surface area (TPSA) is 29.3 Å². The number of benzene rings is 1. The number of hydrogen-bond donors (Lipinski definition) is 1. The molecule has 0 aliphatic heterocycles. The van der Waals surface area contributed by atoms with Crippen molar-refractivity contribution >= 4 is 5.69 Å². The molecule has 1 saturated carbocycles. The van der Waals surface area contributed by atoms with Crippen molar-refractivity contribution in [1.82, 2.24) is 0 Å². The van der Waals surface area contributed by atoms with Crippen LogP contribution in [0.2, 0.25) is 0 Å². The molecule has 1 aromatic carbocycles. The number of aryl methyl sites for hydroxylation is 1. The molecular formula is C14H22N2. The van der Waals surface area contributed by atoms with Gasteiger partial charge in [-0.2, -0.15) is 0 Å². The Labute approximate surface area is 98.4 Å². The van der Waals surface area contributed by atoms with Crippen molar-refractivity contribution in [2.75, 3.05) is 19.0 Å². The lowest BCUT2D eigenvalue weighted by atomic mass is 9.88. The van der Waals surface area contributed by atoms with Gasteiger partial charge in [-0.3, -0.25) is 0 Å². The molecule has 2 heteroatoms. The molecule has 2 rings (SSSR count). The summed E-state index contributed by atoms with van der Waals surface area (Å²) < 4.78 is 0. The standard InChI is InChI=1S/C14H22N2/c1-11-6-7-12(10-13(11)16(2)3)14(15)8-4-5-9-14/h6-7,10H,4-5,8-9,15H2,1-3H3. The molecule has 2 nitrogen and oxygen atoms in total. The zero-order valence-electron chi connectivity index (χ0n) is 10.6. The van der Waals surface area contributed by atoms with Gasteiger partial charge in [0.1, 0.15) is 0 Å². The zero-order chi connectivity index (χ0) is 11.8. The quantitative estimate of drug-likeness (QED) is 0.827. The first-order chi connectivity index (χ1) is 7.53. The average Bonchev–Trinajstić information content (AvgIpc) is 2.66. The van der Waals surface area contributed by atoms with Gasteiger partial charge in [0.2, 0.25) is 0 Å². The Morgan fingerprint density at radius 2 is 1.81 bits per heavy atom. The Hall–Kier alpha value is -1.02. The zero-order valence-corrected chi connectivity index (χ0v) is 10.6. The molecule has 0 bridgehead atoms. The first-order valence-electron chi connectivity index (χ1n) is 6.10. The van der Waals surface area contributed by atoms with Gasteiger partial charge in [0.05, 0.1) is 0 Å². The molecule has 88 valence electrons. The van der Waals surface area contributed by atoms with E-state index >= 15 is 0 Å². The Morgan fingerprint density at radius 3 is 2.38 bits per heavy atom. The minimum Gasteiger partial charge on any atom is -0.377 e. The molecule has 0 aromatic heterocycles. The van der Waals surface area contributed by atoms with Crippen LogP contribution in [0.1, 0.15) is 36.8 Å². The minimum absolute atomic E-state index is 0.0710. The van der Waals surface area contributed by atoms with E-state index in [1.54, 1.807) is 0 Å². The monoisotopic (exact) mass is 218 g/mol. The van der Waals surface area contributed by atoms with Crippen LogP contribution in [0.15, 0.2) is 18.2 Å². The fourth-order valence-corrected chi connectivity index (χ4v) is 2.70. The number of nitrogens with two attached hydrogens (primary N) is 1. The van der Waals surface area contributed by atoms with Gasteiger partial charge in [-0.05, 0) is 37.0 Å². The fraction of sp³-hybridized carbons (Fsp3) is 0.571. The molecule has 1 aliphatic carbocycles. The molecule has 0 amide bonds. The summed E-state index contributed by atoms with van der Waals surface area (Å²) in [5.74, 6) is 0. The van der Waals surface area contributed by atoms with E-state index in [1.165, 1.54) is 29.7 Å². The highest BCUT2D eigenvalue weighted by Crippen LogP contribution is 2.37. The Bertz CT molecular complexity index is 376. The van der Waals surface area contributed by atoms with Crippen molar-refractivity contribution in [3.05, 3.63) is 29.3 Å². The fourth-order valence-electron chi connectivity index (χ4n) is 2.70. The number of rotatable bonds is 2. The van der Waals surface area contributed by atoms with E-state index in [0.717, 1.165) is 12.8 Å². The first kappa shape index (κ1) is 11.5. The van der Waals surface area contributed by atoms with Gasteiger partial charge in [0.15, 0.2) is 0 Å². The maximum absolute atomic E-state index is 6.48. The molecule has 1 fully saturated rings. The smallest absolute Gasteiger partial charge is 0.0410 e. The molecule has 2 N–H and O–H groups in total. The van der Waals surface area contributed by atoms with E-state index in [9.17, 15) is 0 Å². The summed E-state index contributed by atoms with van der Waals surface area (Å²) >= 11 is 0. The SMILES string of the molecule is Cc1ccc(C2(N)CCCC2)cc1N(C)C. The van der Waals surface area contributed by atoms with Gasteiger partial charge in [-0.25, -0.2) is 0 Å². The predicted octanol–water partition coefficient (Wildman–Crippen LogP) is 2.79. The second kappa shape index (κ2) is 4.10. The summed E-state index contributed by atoms with van der Waals surface area (Å²) in [6.45, 7) is 2.15. The minimum atomic E-state index is -0.0710. The van der Waals surface area contributed by atoms with Crippen LogP contribution in [0.4, 0.5) is 5.69 Å². The van der Waals surface area contributed by atoms with E-state index in [-0.39, 0.29) is 5.54 Å². The van der Waals surface area contributed by atoms with Crippen LogP contribution in [0.3, 0.4) is 0 Å². The summed E-state index contributed by atoms with van der Waals surface area (Å²) in [6.07, 6.45) is 4.79. The van der Waals surface area contributed by atoms with Gasteiger partial charge in [0.25, 0.3) is 0 Å². The maximum Gasteiger partial charge on any atom is 0.0410 e. The normalized spacial score (nSPS) is 18.8. The Kier molecular flexibility index (Phi) is 2.94. The van der Waals surface area contributed by atoms with Crippen LogP contribution in [0.25, 0.3) is 0 Å². The third-order valence-corrected chi connectivity index (χ3v) is 3.76. The molecule has 0 saturated heterocycles. The predicted molar refractivity (Wildman–Crippen MR) is 69.8 cm³/mol. The van der Waals surface area contributed by atoms with Crippen LogP contribution in [-0.2, 0) is 5.54 Å². The molecular weight excluding hydrogens is 196 g/mol. The van der Waals surface area contributed by atoms with E-state index in [0.29, 0.717) is 0 Å². The van der Waals surface area contributed by atoms with Crippen LogP contribution >= 0.6 is 0 Å². The van der Waals surface area contributed by atoms with Gasteiger partial charge >= 0.3 is 0 Å². The van der Waals surface area contributed by atoms with Crippen molar-refractivity contribution in [1.29, 1.82) is 0 Å². The van der Waals surface area contributed by atoms with Crippen molar-refractivity contribution in [2.45, 2.75) is 38.1 Å². The second-order valence-electron chi connectivity index (χ2n) is 5.26. The maximum atomic E-state index is 6.48. The van der Waals surface area contributed by atoms with Crippen molar-refractivity contribution in [2.24, 2.45) is 5.73 Å². The van der Waals surface area contributed by atoms with Gasteiger partial charge in [-0.1, -0.05) is 25.0 Å². The summed E-state index contributed by atoms with van der Waals surface area (Å²) in [7, 11) is 4.17. The summed E-state index contributed by atoms with van der Waals surface area (Å²) in [6, 6.07) is 6.66. The highest BCUT2D eigenvalue weighted by atomic mass is 15.1.